The van der Waals surface area contributed by atoms with E-state index in [1.807, 2.05) is 30.7 Å². The number of hydrogen-bond donors (Lipinski definition) is 0. The molecule has 0 spiro atoms. The molecule has 1 atom stereocenters. The summed E-state index contributed by atoms with van der Waals surface area (Å²) in [6.07, 6.45) is 4.83. The van der Waals surface area contributed by atoms with Crippen molar-refractivity contribution < 1.29 is 8.42 Å². The molecule has 0 aromatic carbocycles. The summed E-state index contributed by atoms with van der Waals surface area (Å²) in [6.45, 7) is 5.76. The van der Waals surface area contributed by atoms with Crippen LogP contribution < -0.4 is 0 Å². The molecule has 0 bridgehead atoms. The van der Waals surface area contributed by atoms with Gasteiger partial charge in [0.1, 0.15) is 5.82 Å². The second-order valence-electron chi connectivity index (χ2n) is 6.22. The molecule has 3 rings (SSSR count). The molecule has 1 unspecified atom stereocenters. The van der Waals surface area contributed by atoms with Gasteiger partial charge < -0.3 is 0 Å². The predicted molar refractivity (Wildman–Crippen MR) is 92.1 cm³/mol. The maximum atomic E-state index is 11.8. The Labute approximate surface area is 142 Å². The average Bonchev–Trinajstić information content (AvgIpc) is 3.02. The van der Waals surface area contributed by atoms with Crippen molar-refractivity contribution in [3.8, 4) is 11.4 Å². The first kappa shape index (κ1) is 17.0. The summed E-state index contributed by atoms with van der Waals surface area (Å²) in [5.74, 6) is 0.801. The van der Waals surface area contributed by atoms with Gasteiger partial charge in [-0.1, -0.05) is 0 Å². The van der Waals surface area contributed by atoms with E-state index in [1.54, 1.807) is 10.5 Å². The van der Waals surface area contributed by atoms with Gasteiger partial charge in [0.25, 0.3) is 0 Å². The van der Waals surface area contributed by atoms with Crippen LogP contribution in [0.2, 0.25) is 0 Å². The van der Waals surface area contributed by atoms with Gasteiger partial charge in [-0.05, 0) is 38.8 Å². The first-order valence-corrected chi connectivity index (χ1v) is 10.1. The minimum atomic E-state index is -3.17. The van der Waals surface area contributed by atoms with E-state index in [1.165, 1.54) is 6.26 Å². The van der Waals surface area contributed by atoms with E-state index in [0.29, 0.717) is 18.9 Å². The van der Waals surface area contributed by atoms with Crippen LogP contribution >= 0.6 is 0 Å². The number of sulfonamides is 1. The van der Waals surface area contributed by atoms with E-state index in [4.69, 9.17) is 0 Å². The summed E-state index contributed by atoms with van der Waals surface area (Å²) in [5.41, 5.74) is 2.71. The summed E-state index contributed by atoms with van der Waals surface area (Å²) in [4.78, 5) is 9.12. The molecule has 2 aromatic heterocycles. The molecule has 1 aliphatic rings. The van der Waals surface area contributed by atoms with Crippen molar-refractivity contribution in [3.63, 3.8) is 0 Å². The molecular weight excluding hydrogens is 326 g/mol. The second kappa shape index (κ2) is 6.60. The minimum Gasteiger partial charge on any atom is -0.264 e. The number of hydrogen-bond acceptors (Lipinski definition) is 5. The van der Waals surface area contributed by atoms with E-state index in [0.717, 1.165) is 36.5 Å². The first-order valence-electron chi connectivity index (χ1n) is 8.21. The Balaban J connectivity index is 1.94. The fourth-order valence-electron chi connectivity index (χ4n) is 3.22. The maximum Gasteiger partial charge on any atom is 0.211 e. The van der Waals surface area contributed by atoms with Crippen LogP contribution in [0.5, 0.6) is 0 Å². The van der Waals surface area contributed by atoms with Gasteiger partial charge in [0.05, 0.1) is 17.6 Å². The van der Waals surface area contributed by atoms with Crippen LogP contribution in [0.1, 0.15) is 37.2 Å². The van der Waals surface area contributed by atoms with Crippen LogP contribution in [0, 0.1) is 6.92 Å². The van der Waals surface area contributed by atoms with E-state index >= 15 is 0 Å². The van der Waals surface area contributed by atoms with Crippen molar-refractivity contribution in [3.05, 3.63) is 29.8 Å². The van der Waals surface area contributed by atoms with Crippen molar-refractivity contribution in [1.29, 1.82) is 0 Å². The van der Waals surface area contributed by atoms with Crippen molar-refractivity contribution in [1.82, 2.24) is 24.1 Å². The van der Waals surface area contributed by atoms with Gasteiger partial charge in [-0.2, -0.15) is 5.10 Å². The quantitative estimate of drug-likeness (QED) is 0.841. The van der Waals surface area contributed by atoms with Crippen LogP contribution in [-0.2, 0) is 16.6 Å². The number of aryl methyl sites for hydroxylation is 2. The molecule has 3 heterocycles. The SMILES string of the molecule is CCn1nccc1-c1cc(C2CCCN(S(C)(=O)=O)C2)nc(C)n1. The fraction of sp³-hybridized carbons (Fsp3) is 0.562. The minimum absolute atomic E-state index is 0.104. The van der Waals surface area contributed by atoms with Crippen molar-refractivity contribution in [2.24, 2.45) is 0 Å². The Morgan fingerprint density at radius 2 is 2.12 bits per heavy atom. The highest BCUT2D eigenvalue weighted by Gasteiger charge is 2.28. The van der Waals surface area contributed by atoms with Crippen LogP contribution in [0.15, 0.2) is 18.3 Å². The van der Waals surface area contributed by atoms with E-state index < -0.39 is 10.0 Å². The summed E-state index contributed by atoms with van der Waals surface area (Å²) in [5, 5.41) is 4.30. The van der Waals surface area contributed by atoms with Crippen molar-refractivity contribution in [2.75, 3.05) is 19.3 Å². The van der Waals surface area contributed by atoms with Crippen LogP contribution in [0.25, 0.3) is 11.4 Å². The highest BCUT2D eigenvalue weighted by molar-refractivity contribution is 7.88. The zero-order valence-electron chi connectivity index (χ0n) is 14.3. The van der Waals surface area contributed by atoms with Crippen molar-refractivity contribution in [2.45, 2.75) is 39.2 Å². The molecule has 8 heteroatoms. The van der Waals surface area contributed by atoms with Gasteiger partial charge in [-0.15, -0.1) is 0 Å². The Morgan fingerprint density at radius 1 is 1.33 bits per heavy atom. The normalized spacial score (nSPS) is 19.5. The first-order chi connectivity index (χ1) is 11.4. The highest BCUT2D eigenvalue weighted by Crippen LogP contribution is 2.29. The Kier molecular flexibility index (Phi) is 4.69. The second-order valence-corrected chi connectivity index (χ2v) is 8.20. The zero-order chi connectivity index (χ0) is 17.3. The number of nitrogens with zero attached hydrogens (tertiary/aromatic N) is 5. The molecule has 1 saturated heterocycles. The smallest absolute Gasteiger partial charge is 0.211 e. The lowest BCUT2D eigenvalue weighted by atomic mass is 9.95. The highest BCUT2D eigenvalue weighted by atomic mass is 32.2. The third-order valence-corrected chi connectivity index (χ3v) is 5.68. The lowest BCUT2D eigenvalue weighted by Crippen LogP contribution is -2.38. The van der Waals surface area contributed by atoms with Gasteiger partial charge in [0, 0.05) is 37.4 Å². The summed E-state index contributed by atoms with van der Waals surface area (Å²) >= 11 is 0. The van der Waals surface area contributed by atoms with Gasteiger partial charge in [-0.3, -0.25) is 4.68 Å². The molecule has 1 aliphatic heterocycles. The topological polar surface area (TPSA) is 81.0 Å². The molecule has 24 heavy (non-hydrogen) atoms. The largest absolute Gasteiger partial charge is 0.264 e. The molecule has 0 amide bonds. The molecular formula is C16H23N5O2S. The number of rotatable bonds is 4. The van der Waals surface area contributed by atoms with Gasteiger partial charge >= 0.3 is 0 Å². The molecule has 1 fully saturated rings. The van der Waals surface area contributed by atoms with Gasteiger partial charge in [-0.25, -0.2) is 22.7 Å². The molecule has 130 valence electrons. The third-order valence-electron chi connectivity index (χ3n) is 4.41. The van der Waals surface area contributed by atoms with Gasteiger partial charge in [0.15, 0.2) is 0 Å². The van der Waals surface area contributed by atoms with E-state index in [9.17, 15) is 8.42 Å². The molecule has 7 nitrogen and oxygen atoms in total. The summed E-state index contributed by atoms with van der Waals surface area (Å²) in [6, 6.07) is 3.92. The summed E-state index contributed by atoms with van der Waals surface area (Å²) < 4.78 is 27.1. The molecule has 0 saturated carbocycles. The number of aromatic nitrogens is 4. The number of piperidine rings is 1. The standard InChI is InChI=1S/C16H23N5O2S/c1-4-21-16(7-8-17-21)15-10-14(18-12(2)19-15)13-6-5-9-20(11-13)24(3,22)23/h7-8,10,13H,4-6,9,11H2,1-3H3. The molecule has 2 aromatic rings. The summed E-state index contributed by atoms with van der Waals surface area (Å²) in [7, 11) is -3.17. The van der Waals surface area contributed by atoms with E-state index in [-0.39, 0.29) is 5.92 Å². The third kappa shape index (κ3) is 3.49. The molecule has 0 N–H and O–H groups in total. The van der Waals surface area contributed by atoms with E-state index in [2.05, 4.69) is 15.1 Å². The molecule has 0 aliphatic carbocycles. The van der Waals surface area contributed by atoms with Crippen LogP contribution in [0.3, 0.4) is 0 Å². The van der Waals surface area contributed by atoms with Gasteiger partial charge in [0.2, 0.25) is 10.0 Å². The molecule has 0 radical (unpaired) electrons. The zero-order valence-corrected chi connectivity index (χ0v) is 15.1. The van der Waals surface area contributed by atoms with Crippen molar-refractivity contribution >= 4 is 10.0 Å². The Bertz CT molecular complexity index is 831. The Morgan fingerprint density at radius 3 is 2.83 bits per heavy atom. The Hall–Kier alpha value is -1.80. The van der Waals surface area contributed by atoms with Crippen LogP contribution in [-0.4, -0.2) is 51.8 Å². The monoisotopic (exact) mass is 349 g/mol. The average molecular weight is 349 g/mol. The van der Waals surface area contributed by atoms with Crippen LogP contribution in [0.4, 0.5) is 0 Å². The lowest BCUT2D eigenvalue weighted by Gasteiger charge is -2.30. The lowest BCUT2D eigenvalue weighted by molar-refractivity contribution is 0.314. The predicted octanol–water partition coefficient (Wildman–Crippen LogP) is 1.81. The maximum absolute atomic E-state index is 11.8. The fourth-order valence-corrected chi connectivity index (χ4v) is 4.13.